The number of hydrogen-bond acceptors (Lipinski definition) is 3. The largest absolute Gasteiger partial charge is 0.444 e. The Morgan fingerprint density at radius 1 is 1.19 bits per heavy atom. The van der Waals surface area contributed by atoms with E-state index < -0.39 is 5.60 Å². The van der Waals surface area contributed by atoms with Crippen molar-refractivity contribution in [2.75, 3.05) is 20.1 Å². The van der Waals surface area contributed by atoms with Gasteiger partial charge in [0.2, 0.25) is 0 Å². The summed E-state index contributed by atoms with van der Waals surface area (Å²) in [5, 5.41) is 2.59. The molecule has 1 aromatic carbocycles. The Bertz CT molecular complexity index is 525. The average molecular weight is 290 g/mol. The minimum atomic E-state index is -0.461. The SMILES string of the molecule is CNC(=O)c1ccc(C2CN(C(=O)OC(C)(C)C)C2)cc1. The van der Waals surface area contributed by atoms with E-state index in [2.05, 4.69) is 5.32 Å². The van der Waals surface area contributed by atoms with Gasteiger partial charge in [0, 0.05) is 31.6 Å². The summed E-state index contributed by atoms with van der Waals surface area (Å²) in [4.78, 5) is 25.0. The van der Waals surface area contributed by atoms with Gasteiger partial charge in [0.1, 0.15) is 5.60 Å². The summed E-state index contributed by atoms with van der Waals surface area (Å²) < 4.78 is 5.33. The average Bonchev–Trinajstić information content (AvgIpc) is 2.34. The van der Waals surface area contributed by atoms with Gasteiger partial charge >= 0.3 is 6.09 Å². The second-order valence-electron chi connectivity index (χ2n) is 6.28. The van der Waals surface area contributed by atoms with Crippen molar-refractivity contribution < 1.29 is 14.3 Å². The highest BCUT2D eigenvalue weighted by Gasteiger charge is 2.34. The summed E-state index contributed by atoms with van der Waals surface area (Å²) in [6.07, 6.45) is -0.263. The van der Waals surface area contributed by atoms with E-state index in [4.69, 9.17) is 4.74 Å². The lowest BCUT2D eigenvalue weighted by atomic mass is 9.91. The molecule has 0 aromatic heterocycles. The summed E-state index contributed by atoms with van der Waals surface area (Å²) in [6.45, 7) is 6.90. The van der Waals surface area contributed by atoms with E-state index in [-0.39, 0.29) is 12.0 Å². The lowest BCUT2D eigenvalue weighted by molar-refractivity contribution is 0.00819. The second-order valence-corrected chi connectivity index (χ2v) is 6.28. The first-order valence-electron chi connectivity index (χ1n) is 7.10. The number of ether oxygens (including phenoxy) is 1. The second kappa shape index (κ2) is 5.76. The zero-order chi connectivity index (χ0) is 15.6. The number of carbonyl (C=O) groups excluding carboxylic acids is 2. The molecule has 1 aliphatic rings. The van der Waals surface area contributed by atoms with Crippen LogP contribution in [0.1, 0.15) is 42.6 Å². The Labute approximate surface area is 125 Å². The highest BCUT2D eigenvalue weighted by Crippen LogP contribution is 2.28. The molecule has 0 aliphatic carbocycles. The van der Waals surface area contributed by atoms with Crippen molar-refractivity contribution in [1.82, 2.24) is 10.2 Å². The standard InChI is InChI=1S/C16H22N2O3/c1-16(2,3)21-15(20)18-9-13(10-18)11-5-7-12(8-6-11)14(19)17-4/h5-8,13H,9-10H2,1-4H3,(H,17,19). The normalized spacial score (nSPS) is 15.3. The Hall–Kier alpha value is -2.04. The molecular formula is C16H22N2O3. The molecule has 1 heterocycles. The molecule has 0 spiro atoms. The molecule has 1 saturated heterocycles. The minimum Gasteiger partial charge on any atom is -0.444 e. The van der Waals surface area contributed by atoms with Crippen LogP contribution in [0.15, 0.2) is 24.3 Å². The van der Waals surface area contributed by atoms with Crippen molar-refractivity contribution in [2.24, 2.45) is 0 Å². The number of rotatable bonds is 2. The van der Waals surface area contributed by atoms with Crippen LogP contribution in [0.25, 0.3) is 0 Å². The van der Waals surface area contributed by atoms with Crippen LogP contribution in [-0.2, 0) is 4.74 Å². The van der Waals surface area contributed by atoms with Crippen molar-refractivity contribution in [3.63, 3.8) is 0 Å². The van der Waals surface area contributed by atoms with Crippen LogP contribution >= 0.6 is 0 Å². The maximum Gasteiger partial charge on any atom is 0.410 e. The van der Waals surface area contributed by atoms with Crippen molar-refractivity contribution >= 4 is 12.0 Å². The van der Waals surface area contributed by atoms with Crippen molar-refractivity contribution in [3.05, 3.63) is 35.4 Å². The van der Waals surface area contributed by atoms with Gasteiger partial charge < -0.3 is 15.0 Å². The van der Waals surface area contributed by atoms with Crippen LogP contribution in [0.5, 0.6) is 0 Å². The fraction of sp³-hybridized carbons (Fsp3) is 0.500. The predicted octanol–water partition coefficient (Wildman–Crippen LogP) is 2.38. The van der Waals surface area contributed by atoms with Crippen LogP contribution < -0.4 is 5.32 Å². The molecule has 0 unspecified atom stereocenters. The lowest BCUT2D eigenvalue weighted by Crippen LogP contribution is -2.50. The fourth-order valence-corrected chi connectivity index (χ4v) is 2.22. The molecule has 0 radical (unpaired) electrons. The molecule has 0 saturated carbocycles. The van der Waals surface area contributed by atoms with Crippen LogP contribution in [0.4, 0.5) is 4.79 Å². The highest BCUT2D eigenvalue weighted by atomic mass is 16.6. The van der Waals surface area contributed by atoms with Crippen LogP contribution in [0.2, 0.25) is 0 Å². The number of benzene rings is 1. The molecule has 2 amide bonds. The van der Waals surface area contributed by atoms with Crippen molar-refractivity contribution in [2.45, 2.75) is 32.3 Å². The molecule has 0 atom stereocenters. The van der Waals surface area contributed by atoms with Gasteiger partial charge in [-0.15, -0.1) is 0 Å². The molecular weight excluding hydrogens is 268 g/mol. The summed E-state index contributed by atoms with van der Waals surface area (Å²) in [7, 11) is 1.61. The summed E-state index contributed by atoms with van der Waals surface area (Å²) in [6, 6.07) is 7.51. The number of nitrogens with zero attached hydrogens (tertiary/aromatic N) is 1. The molecule has 5 nitrogen and oxygen atoms in total. The lowest BCUT2D eigenvalue weighted by Gasteiger charge is -2.40. The quantitative estimate of drug-likeness (QED) is 0.909. The molecule has 1 fully saturated rings. The predicted molar refractivity (Wildman–Crippen MR) is 80.4 cm³/mol. The zero-order valence-electron chi connectivity index (χ0n) is 13.0. The monoisotopic (exact) mass is 290 g/mol. The molecule has 2 rings (SSSR count). The molecule has 1 N–H and O–H groups in total. The summed E-state index contributed by atoms with van der Waals surface area (Å²) in [5.41, 5.74) is 1.32. The van der Waals surface area contributed by atoms with Crippen LogP contribution in [-0.4, -0.2) is 42.6 Å². The number of carbonyl (C=O) groups is 2. The summed E-state index contributed by atoms with van der Waals surface area (Å²) in [5.74, 6) is 0.224. The first kappa shape index (κ1) is 15.4. The number of nitrogens with one attached hydrogen (secondary N) is 1. The van der Waals surface area contributed by atoms with Crippen LogP contribution in [0.3, 0.4) is 0 Å². The minimum absolute atomic E-state index is 0.0921. The van der Waals surface area contributed by atoms with Crippen LogP contribution in [0, 0.1) is 0 Å². The highest BCUT2D eigenvalue weighted by molar-refractivity contribution is 5.93. The van der Waals surface area contributed by atoms with E-state index in [0.29, 0.717) is 24.6 Å². The van der Waals surface area contributed by atoms with Gasteiger partial charge in [-0.2, -0.15) is 0 Å². The number of amides is 2. The van der Waals surface area contributed by atoms with Crippen molar-refractivity contribution in [3.8, 4) is 0 Å². The third kappa shape index (κ3) is 3.74. The smallest absolute Gasteiger partial charge is 0.410 e. The molecule has 21 heavy (non-hydrogen) atoms. The van der Waals surface area contributed by atoms with Gasteiger partial charge in [0.15, 0.2) is 0 Å². The van der Waals surface area contributed by atoms with Gasteiger partial charge in [0.05, 0.1) is 0 Å². The van der Waals surface area contributed by atoms with E-state index in [1.807, 2.05) is 45.0 Å². The van der Waals surface area contributed by atoms with Gasteiger partial charge in [-0.05, 0) is 38.5 Å². The van der Waals surface area contributed by atoms with E-state index in [9.17, 15) is 9.59 Å². The third-order valence-corrected chi connectivity index (χ3v) is 3.40. The third-order valence-electron chi connectivity index (χ3n) is 3.40. The molecule has 114 valence electrons. The van der Waals surface area contributed by atoms with E-state index in [1.54, 1.807) is 11.9 Å². The number of likely N-dealkylation sites (tertiary alicyclic amines) is 1. The first-order chi connectivity index (χ1) is 9.80. The zero-order valence-corrected chi connectivity index (χ0v) is 13.0. The van der Waals surface area contributed by atoms with Gasteiger partial charge in [0.25, 0.3) is 5.91 Å². The van der Waals surface area contributed by atoms with E-state index in [1.165, 1.54) is 0 Å². The maximum atomic E-state index is 11.9. The Balaban J connectivity index is 1.90. The number of hydrogen-bond donors (Lipinski definition) is 1. The summed E-state index contributed by atoms with van der Waals surface area (Å²) >= 11 is 0. The first-order valence-corrected chi connectivity index (χ1v) is 7.10. The molecule has 1 aliphatic heterocycles. The topological polar surface area (TPSA) is 58.6 Å². The van der Waals surface area contributed by atoms with E-state index >= 15 is 0 Å². The fourth-order valence-electron chi connectivity index (χ4n) is 2.22. The van der Waals surface area contributed by atoms with Gasteiger partial charge in [-0.25, -0.2) is 4.79 Å². The van der Waals surface area contributed by atoms with Gasteiger partial charge in [-0.3, -0.25) is 4.79 Å². The Kier molecular flexibility index (Phi) is 4.21. The maximum absolute atomic E-state index is 11.9. The van der Waals surface area contributed by atoms with Crippen molar-refractivity contribution in [1.29, 1.82) is 0 Å². The Morgan fingerprint density at radius 3 is 2.24 bits per heavy atom. The van der Waals surface area contributed by atoms with Gasteiger partial charge in [-0.1, -0.05) is 12.1 Å². The molecule has 5 heteroatoms. The van der Waals surface area contributed by atoms with E-state index in [0.717, 1.165) is 5.56 Å². The molecule has 1 aromatic rings. The Morgan fingerprint density at radius 2 is 1.76 bits per heavy atom. The molecule has 0 bridgehead atoms.